The second-order valence-electron chi connectivity index (χ2n) is 4.93. The molecule has 1 amide bonds. The Bertz CT molecular complexity index is 546. The summed E-state index contributed by atoms with van der Waals surface area (Å²) in [5, 5.41) is 3.17. The number of para-hydroxylation sites is 1. The van der Waals surface area contributed by atoms with Crippen LogP contribution in [0.15, 0.2) is 60.7 Å². The number of halogens is 1. The zero-order valence-corrected chi connectivity index (χ0v) is 13.7. The van der Waals surface area contributed by atoms with E-state index in [0.717, 1.165) is 25.2 Å². The number of nitrogens with zero attached hydrogens (tertiary/aromatic N) is 1. The lowest BCUT2D eigenvalue weighted by Crippen LogP contribution is -2.36. The number of nitrogens with one attached hydrogen (secondary N) is 1. The number of carbonyl (C=O) groups excluding carboxylic acids is 1. The summed E-state index contributed by atoms with van der Waals surface area (Å²) in [6.07, 6.45) is 0.895. The van der Waals surface area contributed by atoms with Gasteiger partial charge in [0.1, 0.15) is 0 Å². The molecule has 0 radical (unpaired) electrons. The molecule has 118 valence electrons. The van der Waals surface area contributed by atoms with Gasteiger partial charge in [-0.3, -0.25) is 4.79 Å². The van der Waals surface area contributed by atoms with Gasteiger partial charge < -0.3 is 10.2 Å². The van der Waals surface area contributed by atoms with Crippen LogP contribution in [0.3, 0.4) is 0 Å². The van der Waals surface area contributed by atoms with Gasteiger partial charge >= 0.3 is 0 Å². The molecule has 0 aliphatic carbocycles. The lowest BCUT2D eigenvalue weighted by atomic mass is 10.1. The fourth-order valence-electron chi connectivity index (χ4n) is 2.21. The summed E-state index contributed by atoms with van der Waals surface area (Å²) in [4.78, 5) is 14.1. The minimum atomic E-state index is 0. The highest BCUT2D eigenvalue weighted by atomic mass is 35.5. The molecule has 0 fully saturated rings. The summed E-state index contributed by atoms with van der Waals surface area (Å²) in [5.74, 6) is 0.136. The highest BCUT2D eigenvalue weighted by molar-refractivity contribution is 5.85. The first-order chi connectivity index (χ1) is 10.3. The van der Waals surface area contributed by atoms with Crippen LogP contribution >= 0.6 is 12.4 Å². The molecule has 2 aromatic carbocycles. The largest absolute Gasteiger partial charge is 0.376 e. The number of rotatable bonds is 7. The standard InChI is InChI=1S/C18H22N2O.ClH/c1-2-20(14-13-16-9-5-3-6-10-16)18(21)15-19-17-11-7-4-8-12-17;/h3-12,19H,2,13-15H2,1H3;1H. The fraction of sp³-hybridized carbons (Fsp3) is 0.278. The molecule has 0 saturated heterocycles. The Hall–Kier alpha value is -2.00. The van der Waals surface area contributed by atoms with Crippen molar-refractivity contribution in [2.75, 3.05) is 25.0 Å². The Balaban J connectivity index is 0.00000242. The number of likely N-dealkylation sites (N-methyl/N-ethyl adjacent to an activating group) is 1. The Morgan fingerprint density at radius 3 is 2.18 bits per heavy atom. The topological polar surface area (TPSA) is 32.3 Å². The number of amides is 1. The molecule has 22 heavy (non-hydrogen) atoms. The Labute approximate surface area is 138 Å². The summed E-state index contributed by atoms with van der Waals surface area (Å²) < 4.78 is 0. The molecule has 0 unspecified atom stereocenters. The van der Waals surface area contributed by atoms with E-state index in [-0.39, 0.29) is 18.3 Å². The van der Waals surface area contributed by atoms with Crippen molar-refractivity contribution in [1.82, 2.24) is 4.90 Å². The van der Waals surface area contributed by atoms with Crippen LogP contribution in [0.4, 0.5) is 5.69 Å². The van der Waals surface area contributed by atoms with Gasteiger partial charge in [0.05, 0.1) is 6.54 Å². The van der Waals surface area contributed by atoms with E-state index in [1.807, 2.05) is 60.4 Å². The number of benzene rings is 2. The lowest BCUT2D eigenvalue weighted by Gasteiger charge is -2.21. The fourth-order valence-corrected chi connectivity index (χ4v) is 2.21. The SMILES string of the molecule is CCN(CCc1ccccc1)C(=O)CNc1ccccc1.Cl. The predicted molar refractivity (Wildman–Crippen MR) is 94.6 cm³/mol. The molecule has 0 saturated carbocycles. The molecule has 0 heterocycles. The van der Waals surface area contributed by atoms with Crippen LogP contribution in [-0.2, 0) is 11.2 Å². The smallest absolute Gasteiger partial charge is 0.241 e. The van der Waals surface area contributed by atoms with Crippen molar-refractivity contribution in [2.45, 2.75) is 13.3 Å². The van der Waals surface area contributed by atoms with E-state index in [2.05, 4.69) is 17.4 Å². The average molecular weight is 319 g/mol. The van der Waals surface area contributed by atoms with Gasteiger partial charge in [-0.25, -0.2) is 0 Å². The minimum absolute atomic E-state index is 0. The van der Waals surface area contributed by atoms with Crippen LogP contribution in [0.5, 0.6) is 0 Å². The molecule has 0 aliphatic rings. The molecular formula is C18H23ClN2O. The zero-order chi connectivity index (χ0) is 14.9. The summed E-state index contributed by atoms with van der Waals surface area (Å²) in [7, 11) is 0. The van der Waals surface area contributed by atoms with Crippen molar-refractivity contribution in [3.63, 3.8) is 0 Å². The lowest BCUT2D eigenvalue weighted by molar-refractivity contribution is -0.129. The number of hydrogen-bond donors (Lipinski definition) is 1. The van der Waals surface area contributed by atoms with Crippen molar-refractivity contribution < 1.29 is 4.79 Å². The van der Waals surface area contributed by atoms with Gasteiger partial charge in [0.15, 0.2) is 0 Å². The Morgan fingerprint density at radius 1 is 1.00 bits per heavy atom. The molecule has 1 N–H and O–H groups in total. The second-order valence-corrected chi connectivity index (χ2v) is 4.93. The number of carbonyl (C=O) groups is 1. The number of hydrogen-bond acceptors (Lipinski definition) is 2. The van der Waals surface area contributed by atoms with Crippen molar-refractivity contribution in [2.24, 2.45) is 0 Å². The summed E-state index contributed by atoms with van der Waals surface area (Å²) >= 11 is 0. The van der Waals surface area contributed by atoms with Gasteiger partial charge in [-0.15, -0.1) is 12.4 Å². The molecule has 4 heteroatoms. The van der Waals surface area contributed by atoms with E-state index in [4.69, 9.17) is 0 Å². The van der Waals surface area contributed by atoms with E-state index in [0.29, 0.717) is 6.54 Å². The van der Waals surface area contributed by atoms with E-state index < -0.39 is 0 Å². The highest BCUT2D eigenvalue weighted by Crippen LogP contribution is 2.05. The van der Waals surface area contributed by atoms with Gasteiger partial charge in [0.2, 0.25) is 5.91 Å². The maximum Gasteiger partial charge on any atom is 0.241 e. The first-order valence-corrected chi connectivity index (χ1v) is 7.40. The van der Waals surface area contributed by atoms with Crippen LogP contribution in [0, 0.1) is 0 Å². The maximum absolute atomic E-state index is 12.2. The molecule has 0 atom stereocenters. The zero-order valence-electron chi connectivity index (χ0n) is 12.9. The molecule has 0 spiro atoms. The molecule has 0 aliphatic heterocycles. The third-order valence-corrected chi connectivity index (χ3v) is 3.47. The van der Waals surface area contributed by atoms with Crippen LogP contribution < -0.4 is 5.32 Å². The third-order valence-electron chi connectivity index (χ3n) is 3.47. The van der Waals surface area contributed by atoms with Gasteiger partial charge in [0.25, 0.3) is 0 Å². The first kappa shape index (κ1) is 18.1. The maximum atomic E-state index is 12.2. The summed E-state index contributed by atoms with van der Waals surface area (Å²) in [5.41, 5.74) is 2.24. The van der Waals surface area contributed by atoms with Gasteiger partial charge in [-0.05, 0) is 31.0 Å². The predicted octanol–water partition coefficient (Wildman–Crippen LogP) is 3.61. The van der Waals surface area contributed by atoms with Gasteiger partial charge in [0, 0.05) is 18.8 Å². The van der Waals surface area contributed by atoms with Crippen LogP contribution in [-0.4, -0.2) is 30.4 Å². The van der Waals surface area contributed by atoms with Crippen molar-refractivity contribution >= 4 is 24.0 Å². The first-order valence-electron chi connectivity index (χ1n) is 7.40. The molecule has 2 rings (SSSR count). The minimum Gasteiger partial charge on any atom is -0.376 e. The molecular weight excluding hydrogens is 296 g/mol. The van der Waals surface area contributed by atoms with Gasteiger partial charge in [-0.1, -0.05) is 48.5 Å². The van der Waals surface area contributed by atoms with E-state index >= 15 is 0 Å². The third kappa shape index (κ3) is 5.78. The monoisotopic (exact) mass is 318 g/mol. The van der Waals surface area contributed by atoms with E-state index in [1.165, 1.54) is 5.56 Å². The quantitative estimate of drug-likeness (QED) is 0.845. The van der Waals surface area contributed by atoms with Gasteiger partial charge in [-0.2, -0.15) is 0 Å². The molecule has 0 aromatic heterocycles. The van der Waals surface area contributed by atoms with Crippen LogP contribution in [0.2, 0.25) is 0 Å². The highest BCUT2D eigenvalue weighted by Gasteiger charge is 2.11. The number of anilines is 1. The average Bonchev–Trinajstić information content (AvgIpc) is 2.55. The molecule has 2 aromatic rings. The van der Waals surface area contributed by atoms with Crippen molar-refractivity contribution in [1.29, 1.82) is 0 Å². The van der Waals surface area contributed by atoms with E-state index in [9.17, 15) is 4.79 Å². The normalized spacial score (nSPS) is 9.68. The molecule has 3 nitrogen and oxygen atoms in total. The second kappa shape index (κ2) is 9.85. The van der Waals surface area contributed by atoms with Crippen LogP contribution in [0.25, 0.3) is 0 Å². The van der Waals surface area contributed by atoms with Crippen LogP contribution in [0.1, 0.15) is 12.5 Å². The Kier molecular flexibility index (Phi) is 8.08. The Morgan fingerprint density at radius 2 is 1.59 bits per heavy atom. The van der Waals surface area contributed by atoms with Crippen molar-refractivity contribution in [3.05, 3.63) is 66.2 Å². The molecule has 0 bridgehead atoms. The van der Waals surface area contributed by atoms with Crippen molar-refractivity contribution in [3.8, 4) is 0 Å². The summed E-state index contributed by atoms with van der Waals surface area (Å²) in [6, 6.07) is 20.1. The summed E-state index contributed by atoms with van der Waals surface area (Å²) in [6.45, 7) is 3.86. The van der Waals surface area contributed by atoms with E-state index in [1.54, 1.807) is 0 Å².